The van der Waals surface area contributed by atoms with Gasteiger partial charge in [-0.15, -0.1) is 0 Å². The molecule has 136 valence electrons. The van der Waals surface area contributed by atoms with Gasteiger partial charge in [0.05, 0.1) is 18.9 Å². The molecule has 2 aliphatic heterocycles. The minimum absolute atomic E-state index is 0.0486. The summed E-state index contributed by atoms with van der Waals surface area (Å²) < 4.78 is 11.5. The molecule has 0 N–H and O–H groups in total. The first-order valence-electron chi connectivity index (χ1n) is 9.47. The Kier molecular flexibility index (Phi) is 4.08. The van der Waals surface area contributed by atoms with Crippen LogP contribution in [0.25, 0.3) is 0 Å². The van der Waals surface area contributed by atoms with Gasteiger partial charge in [0.25, 0.3) is 0 Å². The van der Waals surface area contributed by atoms with Crippen molar-refractivity contribution in [3.05, 3.63) is 17.3 Å². The number of esters is 1. The van der Waals surface area contributed by atoms with Gasteiger partial charge >= 0.3 is 5.97 Å². The number of ether oxygens (including phenoxy) is 1. The summed E-state index contributed by atoms with van der Waals surface area (Å²) in [5.41, 5.74) is 0.311. The predicted molar refractivity (Wildman–Crippen MR) is 89.7 cm³/mol. The van der Waals surface area contributed by atoms with Gasteiger partial charge in [-0.25, -0.2) is 4.98 Å². The van der Waals surface area contributed by atoms with E-state index in [0.717, 1.165) is 49.4 Å². The van der Waals surface area contributed by atoms with Gasteiger partial charge in [-0.3, -0.25) is 9.59 Å². The normalized spacial score (nSPS) is 25.3. The maximum absolute atomic E-state index is 13.2. The molecule has 1 aliphatic carbocycles. The minimum atomic E-state index is -0.556. The zero-order valence-electron chi connectivity index (χ0n) is 15.0. The average molecular weight is 346 g/mol. The molecule has 25 heavy (non-hydrogen) atoms. The van der Waals surface area contributed by atoms with Crippen LogP contribution in [-0.2, 0) is 27.3 Å². The zero-order valence-corrected chi connectivity index (χ0v) is 15.0. The second-order valence-electron chi connectivity index (χ2n) is 7.94. The van der Waals surface area contributed by atoms with Crippen LogP contribution in [0.3, 0.4) is 0 Å². The van der Waals surface area contributed by atoms with Crippen molar-refractivity contribution in [1.29, 1.82) is 0 Å². The SMILES string of the molecule is CC(C)c1nc2c(o1)CCN(C(=O)C1CC(=O)OC13CCCCC3)C2. The van der Waals surface area contributed by atoms with Crippen LogP contribution < -0.4 is 0 Å². The monoisotopic (exact) mass is 346 g/mol. The molecule has 1 aromatic heterocycles. The first-order chi connectivity index (χ1) is 12.0. The van der Waals surface area contributed by atoms with Crippen LogP contribution in [0, 0.1) is 5.92 Å². The second kappa shape index (κ2) is 6.15. The van der Waals surface area contributed by atoms with E-state index in [2.05, 4.69) is 18.8 Å². The van der Waals surface area contributed by atoms with Crippen LogP contribution >= 0.6 is 0 Å². The van der Waals surface area contributed by atoms with Gasteiger partial charge in [0.1, 0.15) is 17.1 Å². The highest BCUT2D eigenvalue weighted by atomic mass is 16.6. The van der Waals surface area contributed by atoms with Crippen molar-refractivity contribution in [3.8, 4) is 0 Å². The third-order valence-electron chi connectivity index (χ3n) is 5.87. The third-order valence-corrected chi connectivity index (χ3v) is 5.87. The van der Waals surface area contributed by atoms with E-state index in [0.29, 0.717) is 19.5 Å². The molecule has 6 nitrogen and oxygen atoms in total. The van der Waals surface area contributed by atoms with Crippen molar-refractivity contribution < 1.29 is 18.7 Å². The molecule has 1 amide bonds. The standard InChI is InChI=1S/C19H26N2O4/c1-12(2)17-20-14-11-21(9-6-15(14)24-17)18(23)13-10-16(22)25-19(13)7-4-3-5-8-19/h12-13H,3-11H2,1-2H3. The topological polar surface area (TPSA) is 72.6 Å². The lowest BCUT2D eigenvalue weighted by molar-refractivity contribution is -0.156. The summed E-state index contributed by atoms with van der Waals surface area (Å²) in [5, 5.41) is 0. The smallest absolute Gasteiger partial charge is 0.307 e. The molecule has 1 saturated heterocycles. The maximum atomic E-state index is 13.2. The molecular formula is C19H26N2O4. The van der Waals surface area contributed by atoms with E-state index in [-0.39, 0.29) is 30.1 Å². The van der Waals surface area contributed by atoms with Crippen LogP contribution in [0.15, 0.2) is 4.42 Å². The molecular weight excluding hydrogens is 320 g/mol. The number of oxazole rings is 1. The number of hydrogen-bond donors (Lipinski definition) is 0. The molecule has 1 spiro atoms. The van der Waals surface area contributed by atoms with E-state index in [9.17, 15) is 9.59 Å². The van der Waals surface area contributed by atoms with Crippen LogP contribution in [-0.4, -0.2) is 33.9 Å². The van der Waals surface area contributed by atoms with E-state index in [1.807, 2.05) is 4.90 Å². The Hall–Kier alpha value is -1.85. The fourth-order valence-electron chi connectivity index (χ4n) is 4.48. The minimum Gasteiger partial charge on any atom is -0.458 e. The van der Waals surface area contributed by atoms with Crippen molar-refractivity contribution in [1.82, 2.24) is 9.88 Å². The van der Waals surface area contributed by atoms with Crippen LogP contribution in [0.4, 0.5) is 0 Å². The van der Waals surface area contributed by atoms with Crippen molar-refractivity contribution >= 4 is 11.9 Å². The number of aromatic nitrogens is 1. The summed E-state index contributed by atoms with van der Waals surface area (Å²) in [6, 6.07) is 0. The lowest BCUT2D eigenvalue weighted by Gasteiger charge is -2.38. The Labute approximate surface area is 147 Å². The molecule has 3 aliphatic rings. The highest BCUT2D eigenvalue weighted by Gasteiger charge is 2.54. The number of rotatable bonds is 2. The first kappa shape index (κ1) is 16.6. The summed E-state index contributed by atoms with van der Waals surface area (Å²) in [6.45, 7) is 5.20. The largest absolute Gasteiger partial charge is 0.458 e. The Bertz CT molecular complexity index is 688. The lowest BCUT2D eigenvalue weighted by Crippen LogP contribution is -2.48. The number of hydrogen-bond acceptors (Lipinski definition) is 5. The number of amides is 1. The Morgan fingerprint density at radius 2 is 2.04 bits per heavy atom. The van der Waals surface area contributed by atoms with Crippen LogP contribution in [0.2, 0.25) is 0 Å². The van der Waals surface area contributed by atoms with Gasteiger partial charge in [-0.05, 0) is 25.7 Å². The molecule has 0 bridgehead atoms. The fourth-order valence-corrected chi connectivity index (χ4v) is 4.48. The summed E-state index contributed by atoms with van der Waals surface area (Å²) in [7, 11) is 0. The van der Waals surface area contributed by atoms with Gasteiger partial charge < -0.3 is 14.1 Å². The number of carbonyl (C=O) groups is 2. The summed E-state index contributed by atoms with van der Waals surface area (Å²) in [4.78, 5) is 31.6. The number of nitrogens with zero attached hydrogens (tertiary/aromatic N) is 2. The van der Waals surface area contributed by atoms with Crippen LogP contribution in [0.1, 0.15) is 75.6 Å². The highest BCUT2D eigenvalue weighted by Crippen LogP contribution is 2.45. The van der Waals surface area contributed by atoms with Crippen molar-refractivity contribution in [3.63, 3.8) is 0 Å². The lowest BCUT2D eigenvalue weighted by atomic mass is 9.75. The molecule has 2 fully saturated rings. The number of carbonyl (C=O) groups excluding carboxylic acids is 2. The van der Waals surface area contributed by atoms with E-state index in [1.54, 1.807) is 0 Å². The van der Waals surface area contributed by atoms with E-state index < -0.39 is 5.60 Å². The van der Waals surface area contributed by atoms with Crippen molar-refractivity contribution in [2.75, 3.05) is 6.54 Å². The van der Waals surface area contributed by atoms with E-state index in [4.69, 9.17) is 9.15 Å². The fraction of sp³-hybridized carbons (Fsp3) is 0.737. The molecule has 1 aromatic rings. The van der Waals surface area contributed by atoms with Gasteiger partial charge in [0.2, 0.25) is 5.91 Å². The van der Waals surface area contributed by atoms with Gasteiger partial charge in [-0.1, -0.05) is 20.3 Å². The summed E-state index contributed by atoms with van der Waals surface area (Å²) in [5.74, 6) is 1.37. The van der Waals surface area contributed by atoms with Gasteiger partial charge in [0, 0.05) is 18.9 Å². The maximum Gasteiger partial charge on any atom is 0.307 e. The number of fused-ring (bicyclic) bond motifs is 1. The molecule has 1 atom stereocenters. The Balaban J connectivity index is 1.53. The van der Waals surface area contributed by atoms with Gasteiger partial charge in [-0.2, -0.15) is 0 Å². The molecule has 0 radical (unpaired) electrons. The summed E-state index contributed by atoms with van der Waals surface area (Å²) in [6.07, 6.45) is 5.76. The molecule has 3 heterocycles. The van der Waals surface area contributed by atoms with Gasteiger partial charge in [0.15, 0.2) is 5.89 Å². The highest BCUT2D eigenvalue weighted by molar-refractivity contribution is 5.88. The summed E-state index contributed by atoms with van der Waals surface area (Å²) >= 11 is 0. The predicted octanol–water partition coefficient (Wildman–Crippen LogP) is 2.95. The molecule has 0 aromatic carbocycles. The van der Waals surface area contributed by atoms with Crippen LogP contribution in [0.5, 0.6) is 0 Å². The average Bonchev–Trinajstić information content (AvgIpc) is 3.15. The second-order valence-corrected chi connectivity index (χ2v) is 7.94. The van der Waals surface area contributed by atoms with E-state index >= 15 is 0 Å². The zero-order chi connectivity index (χ0) is 17.6. The molecule has 1 unspecified atom stereocenters. The Morgan fingerprint density at radius 3 is 2.76 bits per heavy atom. The Morgan fingerprint density at radius 1 is 1.28 bits per heavy atom. The third kappa shape index (κ3) is 2.85. The molecule has 1 saturated carbocycles. The molecule has 4 rings (SSSR count). The quantitative estimate of drug-likeness (QED) is 0.770. The molecule has 6 heteroatoms. The van der Waals surface area contributed by atoms with Crippen molar-refractivity contribution in [2.24, 2.45) is 5.92 Å². The first-order valence-corrected chi connectivity index (χ1v) is 9.47. The van der Waals surface area contributed by atoms with E-state index in [1.165, 1.54) is 0 Å². The van der Waals surface area contributed by atoms with Crippen molar-refractivity contribution in [2.45, 2.75) is 76.9 Å².